The van der Waals surface area contributed by atoms with Crippen LogP contribution in [0.1, 0.15) is 18.4 Å². The molecule has 0 atom stereocenters. The molecule has 0 aliphatic heterocycles. The van der Waals surface area contributed by atoms with E-state index in [4.69, 9.17) is 11.6 Å². The monoisotopic (exact) mass is 252 g/mol. The Morgan fingerprint density at radius 1 is 1.41 bits per heavy atom. The molecular formula is C12H13ClN2O2. The molecule has 0 saturated carbocycles. The van der Waals surface area contributed by atoms with Crippen molar-refractivity contribution in [2.45, 2.75) is 25.8 Å². The van der Waals surface area contributed by atoms with Gasteiger partial charge in [0.2, 0.25) is 0 Å². The number of nitro groups is 1. The number of rotatable bonds is 3. The highest BCUT2D eigenvalue weighted by atomic mass is 35.5. The van der Waals surface area contributed by atoms with Crippen LogP contribution in [0.3, 0.4) is 0 Å². The zero-order valence-electron chi connectivity index (χ0n) is 9.44. The van der Waals surface area contributed by atoms with E-state index in [0.717, 1.165) is 18.5 Å². The number of hydrogen-bond donors (Lipinski definition) is 1. The van der Waals surface area contributed by atoms with Crippen molar-refractivity contribution in [3.8, 4) is 0 Å². The fourth-order valence-corrected chi connectivity index (χ4v) is 2.15. The number of nitrogens with zero attached hydrogens (tertiary/aromatic N) is 1. The Hall–Kier alpha value is -1.55. The Morgan fingerprint density at radius 2 is 2.06 bits per heavy atom. The highest BCUT2D eigenvalue weighted by Crippen LogP contribution is 2.31. The number of anilines is 1. The molecule has 0 heterocycles. The van der Waals surface area contributed by atoms with E-state index < -0.39 is 4.92 Å². The normalized spacial score (nSPS) is 15.2. The van der Waals surface area contributed by atoms with E-state index in [-0.39, 0.29) is 5.69 Å². The summed E-state index contributed by atoms with van der Waals surface area (Å²) in [5.74, 6) is 0. The molecule has 1 aliphatic carbocycles. The number of hydrogen-bond acceptors (Lipinski definition) is 3. The molecule has 90 valence electrons. The molecule has 17 heavy (non-hydrogen) atoms. The van der Waals surface area contributed by atoms with Crippen LogP contribution in [-0.2, 0) is 0 Å². The largest absolute Gasteiger partial charge is 0.380 e. The predicted octanol–water partition coefficient (Wildman–Crippen LogP) is 3.69. The van der Waals surface area contributed by atoms with Crippen molar-refractivity contribution in [3.05, 3.63) is 45.0 Å². The average molecular weight is 253 g/mol. The van der Waals surface area contributed by atoms with Crippen LogP contribution in [0.15, 0.2) is 24.3 Å². The highest BCUT2D eigenvalue weighted by molar-refractivity contribution is 6.33. The first-order valence-electron chi connectivity index (χ1n) is 5.44. The summed E-state index contributed by atoms with van der Waals surface area (Å²) in [5.41, 5.74) is 1.45. The van der Waals surface area contributed by atoms with Crippen molar-refractivity contribution in [1.82, 2.24) is 0 Å². The Bertz CT molecular complexity index is 478. The molecule has 0 aromatic heterocycles. The van der Waals surface area contributed by atoms with Crippen molar-refractivity contribution in [2.75, 3.05) is 5.32 Å². The first kappa shape index (κ1) is 11.9. The van der Waals surface area contributed by atoms with E-state index in [1.165, 1.54) is 6.07 Å². The molecule has 0 unspecified atom stereocenters. The Balaban J connectivity index is 2.23. The van der Waals surface area contributed by atoms with Gasteiger partial charge in [-0.2, -0.15) is 0 Å². The van der Waals surface area contributed by atoms with Gasteiger partial charge in [-0.05, 0) is 25.8 Å². The highest BCUT2D eigenvalue weighted by Gasteiger charge is 2.17. The minimum absolute atomic E-state index is 0.0603. The van der Waals surface area contributed by atoms with Gasteiger partial charge in [0.25, 0.3) is 5.69 Å². The third-order valence-corrected chi connectivity index (χ3v) is 3.16. The van der Waals surface area contributed by atoms with E-state index in [1.807, 2.05) is 0 Å². The second kappa shape index (κ2) is 4.75. The van der Waals surface area contributed by atoms with E-state index in [2.05, 4.69) is 17.5 Å². The molecule has 1 aromatic carbocycles. The SMILES string of the molecule is Cc1cc(NC2CC=CC2)c(Cl)cc1[N+](=O)[O-]. The molecule has 5 heteroatoms. The zero-order valence-corrected chi connectivity index (χ0v) is 10.2. The van der Waals surface area contributed by atoms with Crippen LogP contribution in [0.4, 0.5) is 11.4 Å². The maximum Gasteiger partial charge on any atom is 0.273 e. The smallest absolute Gasteiger partial charge is 0.273 e. The van der Waals surface area contributed by atoms with Gasteiger partial charge in [-0.25, -0.2) is 0 Å². The fraction of sp³-hybridized carbons (Fsp3) is 0.333. The van der Waals surface area contributed by atoms with Crippen molar-refractivity contribution in [3.63, 3.8) is 0 Å². The van der Waals surface area contributed by atoms with E-state index in [9.17, 15) is 10.1 Å². The Labute approximate surface area is 104 Å². The van der Waals surface area contributed by atoms with E-state index in [0.29, 0.717) is 16.6 Å². The minimum atomic E-state index is -0.415. The summed E-state index contributed by atoms with van der Waals surface area (Å²) < 4.78 is 0. The summed E-state index contributed by atoms with van der Waals surface area (Å²) in [4.78, 5) is 10.3. The molecular weight excluding hydrogens is 240 g/mol. The van der Waals surface area contributed by atoms with Crippen molar-refractivity contribution in [1.29, 1.82) is 0 Å². The van der Waals surface area contributed by atoms with Gasteiger partial charge in [0.1, 0.15) is 0 Å². The lowest BCUT2D eigenvalue weighted by atomic mass is 10.1. The topological polar surface area (TPSA) is 55.2 Å². The van der Waals surface area contributed by atoms with Crippen LogP contribution in [0.5, 0.6) is 0 Å². The summed E-state index contributed by atoms with van der Waals surface area (Å²) in [7, 11) is 0. The van der Waals surface area contributed by atoms with Gasteiger partial charge >= 0.3 is 0 Å². The van der Waals surface area contributed by atoms with Crippen LogP contribution in [0, 0.1) is 17.0 Å². The van der Waals surface area contributed by atoms with Crippen molar-refractivity contribution >= 4 is 23.0 Å². The van der Waals surface area contributed by atoms with Gasteiger partial charge in [-0.3, -0.25) is 10.1 Å². The standard InChI is InChI=1S/C12H13ClN2O2/c1-8-6-11(14-9-4-2-3-5-9)10(13)7-12(8)15(16)17/h2-3,6-7,9,14H,4-5H2,1H3. The molecule has 0 amide bonds. The lowest BCUT2D eigenvalue weighted by Gasteiger charge is -2.15. The number of nitrogens with one attached hydrogen (secondary N) is 1. The van der Waals surface area contributed by atoms with Gasteiger partial charge < -0.3 is 5.32 Å². The molecule has 1 aliphatic rings. The van der Waals surface area contributed by atoms with Gasteiger partial charge in [-0.1, -0.05) is 23.8 Å². The number of aryl methyl sites for hydroxylation is 1. The van der Waals surface area contributed by atoms with Gasteiger partial charge in [0.05, 0.1) is 15.6 Å². The summed E-state index contributed by atoms with van der Waals surface area (Å²) in [6.45, 7) is 1.71. The molecule has 0 saturated heterocycles. The maximum absolute atomic E-state index is 10.7. The molecule has 0 spiro atoms. The predicted molar refractivity (Wildman–Crippen MR) is 68.6 cm³/mol. The van der Waals surface area contributed by atoms with Gasteiger partial charge in [0.15, 0.2) is 0 Å². The van der Waals surface area contributed by atoms with Crippen LogP contribution in [-0.4, -0.2) is 11.0 Å². The summed E-state index contributed by atoms with van der Waals surface area (Å²) in [6, 6.07) is 3.48. The van der Waals surface area contributed by atoms with E-state index >= 15 is 0 Å². The molecule has 0 bridgehead atoms. The number of halogens is 1. The Kier molecular flexibility index (Phi) is 3.33. The quantitative estimate of drug-likeness (QED) is 0.507. The number of nitro benzene ring substituents is 1. The van der Waals surface area contributed by atoms with Gasteiger partial charge in [0, 0.05) is 17.7 Å². The fourth-order valence-electron chi connectivity index (χ4n) is 1.93. The maximum atomic E-state index is 10.7. The molecule has 2 rings (SSSR count). The lowest BCUT2D eigenvalue weighted by Crippen LogP contribution is -2.15. The molecule has 4 nitrogen and oxygen atoms in total. The molecule has 0 radical (unpaired) electrons. The summed E-state index contributed by atoms with van der Waals surface area (Å²) >= 11 is 6.04. The molecule has 1 N–H and O–H groups in total. The molecule has 1 aromatic rings. The molecule has 0 fully saturated rings. The van der Waals surface area contributed by atoms with Crippen LogP contribution >= 0.6 is 11.6 Å². The second-order valence-corrected chi connectivity index (χ2v) is 4.57. The first-order valence-corrected chi connectivity index (χ1v) is 5.82. The van der Waals surface area contributed by atoms with Crippen LogP contribution in [0.25, 0.3) is 0 Å². The van der Waals surface area contributed by atoms with Crippen molar-refractivity contribution < 1.29 is 4.92 Å². The third-order valence-electron chi connectivity index (χ3n) is 2.85. The van der Waals surface area contributed by atoms with E-state index in [1.54, 1.807) is 13.0 Å². The van der Waals surface area contributed by atoms with Crippen LogP contribution < -0.4 is 5.32 Å². The number of benzene rings is 1. The van der Waals surface area contributed by atoms with Crippen molar-refractivity contribution in [2.24, 2.45) is 0 Å². The second-order valence-electron chi connectivity index (χ2n) is 4.16. The summed E-state index contributed by atoms with van der Waals surface area (Å²) in [5, 5.41) is 14.4. The van der Waals surface area contributed by atoms with Crippen LogP contribution in [0.2, 0.25) is 5.02 Å². The Morgan fingerprint density at radius 3 is 2.65 bits per heavy atom. The summed E-state index contributed by atoms with van der Waals surface area (Å²) in [6.07, 6.45) is 6.16. The minimum Gasteiger partial charge on any atom is -0.380 e. The first-order chi connectivity index (χ1) is 8.08. The average Bonchev–Trinajstić information content (AvgIpc) is 2.75. The zero-order chi connectivity index (χ0) is 12.4. The lowest BCUT2D eigenvalue weighted by molar-refractivity contribution is -0.385. The van der Waals surface area contributed by atoms with Gasteiger partial charge in [-0.15, -0.1) is 0 Å². The third kappa shape index (κ3) is 2.58.